The Kier molecular flexibility index (Phi) is 8.27. The van der Waals surface area contributed by atoms with Gasteiger partial charge in [0.2, 0.25) is 17.3 Å². The summed E-state index contributed by atoms with van der Waals surface area (Å²) in [6.45, 7) is 1.72. The van der Waals surface area contributed by atoms with Crippen LogP contribution in [0.1, 0.15) is 55.5 Å². The molecule has 0 aliphatic carbocycles. The van der Waals surface area contributed by atoms with Crippen LogP contribution in [0, 0.1) is 0 Å². The Morgan fingerprint density at radius 3 is 0.943 bits per heavy atom. The van der Waals surface area contributed by atoms with E-state index in [0.717, 1.165) is 0 Å². The molecule has 0 spiro atoms. The van der Waals surface area contributed by atoms with Gasteiger partial charge in [-0.2, -0.15) is 0 Å². The minimum absolute atomic E-state index is 0.000444. The Labute approximate surface area is 243 Å². The molecular formula is C20H12Cl9N3O3. The van der Waals surface area contributed by atoms with Crippen LogP contribution in [-0.2, 0) is 5.41 Å². The van der Waals surface area contributed by atoms with Crippen molar-refractivity contribution in [1.29, 1.82) is 0 Å². The maximum absolute atomic E-state index is 12.5. The van der Waals surface area contributed by atoms with Crippen LogP contribution in [0.15, 0.2) is 36.4 Å². The van der Waals surface area contributed by atoms with E-state index in [1.807, 2.05) is 0 Å². The predicted octanol–water partition coefficient (Wildman–Crippen LogP) is 7.68. The van der Waals surface area contributed by atoms with E-state index in [2.05, 4.69) is 15.0 Å². The zero-order chi connectivity index (χ0) is 26.6. The molecule has 15 heteroatoms. The molecule has 3 heterocycles. The van der Waals surface area contributed by atoms with Crippen LogP contribution >= 0.6 is 104 Å². The smallest absolute Gasteiger partial charge is 0.254 e. The highest BCUT2D eigenvalue weighted by atomic mass is 35.6. The molecule has 0 aliphatic rings. The molecule has 0 radical (unpaired) electrons. The van der Waals surface area contributed by atoms with Gasteiger partial charge >= 0.3 is 0 Å². The summed E-state index contributed by atoms with van der Waals surface area (Å²) >= 11 is 51.6. The van der Waals surface area contributed by atoms with Gasteiger partial charge in [0.15, 0.2) is 0 Å². The highest BCUT2D eigenvalue weighted by molar-refractivity contribution is 6.78. The van der Waals surface area contributed by atoms with E-state index in [0.29, 0.717) is 17.1 Å². The Balaban J connectivity index is 2.18. The lowest BCUT2D eigenvalue weighted by Crippen LogP contribution is -2.29. The summed E-state index contributed by atoms with van der Waals surface area (Å²) in [4.78, 5) is 46.2. The Hall–Kier alpha value is -0.540. The number of carbonyl (C=O) groups is 3. The summed E-state index contributed by atoms with van der Waals surface area (Å²) in [7, 11) is 0. The number of nitrogens with one attached hydrogen (secondary N) is 3. The minimum Gasteiger partial charge on any atom is -0.355 e. The van der Waals surface area contributed by atoms with E-state index in [1.54, 1.807) is 25.1 Å². The number of hydrogen-bond acceptors (Lipinski definition) is 3. The normalized spacial score (nSPS) is 13.2. The summed E-state index contributed by atoms with van der Waals surface area (Å²) in [5, 5.41) is 0. The lowest BCUT2D eigenvalue weighted by Gasteiger charge is -2.27. The van der Waals surface area contributed by atoms with Crippen LogP contribution in [0.25, 0.3) is 0 Å². The molecule has 35 heavy (non-hydrogen) atoms. The number of aromatic nitrogens is 3. The second-order valence-corrected chi connectivity index (χ2v) is 14.3. The largest absolute Gasteiger partial charge is 0.355 e. The fraction of sp³-hybridized carbons (Fsp3) is 0.250. The fourth-order valence-electron chi connectivity index (χ4n) is 3.35. The van der Waals surface area contributed by atoms with Crippen LogP contribution in [0.4, 0.5) is 0 Å². The van der Waals surface area contributed by atoms with Crippen molar-refractivity contribution >= 4 is 122 Å². The van der Waals surface area contributed by atoms with Gasteiger partial charge < -0.3 is 15.0 Å². The lowest BCUT2D eigenvalue weighted by atomic mass is 9.80. The van der Waals surface area contributed by atoms with Crippen LogP contribution in [-0.4, -0.2) is 43.7 Å². The summed E-state index contributed by atoms with van der Waals surface area (Å²) < 4.78 is -6.61. The van der Waals surface area contributed by atoms with Gasteiger partial charge in [-0.3, -0.25) is 14.4 Å². The molecule has 6 nitrogen and oxygen atoms in total. The molecule has 3 aromatic rings. The van der Waals surface area contributed by atoms with Crippen molar-refractivity contribution in [3.05, 3.63) is 70.6 Å². The highest BCUT2D eigenvalue weighted by Gasteiger charge is 2.41. The minimum atomic E-state index is -2.20. The molecule has 0 atom stereocenters. The summed E-state index contributed by atoms with van der Waals surface area (Å²) in [6, 6.07) is 8.97. The third-order valence-corrected chi connectivity index (χ3v) is 6.73. The number of aromatic amines is 3. The summed E-state index contributed by atoms with van der Waals surface area (Å²) in [5.41, 5.74) is 0.0157. The maximum Gasteiger partial charge on any atom is 0.254 e. The van der Waals surface area contributed by atoms with Crippen LogP contribution < -0.4 is 0 Å². The van der Waals surface area contributed by atoms with E-state index in [-0.39, 0.29) is 17.1 Å². The molecule has 0 saturated carbocycles. The quantitative estimate of drug-likeness (QED) is 0.187. The lowest BCUT2D eigenvalue weighted by molar-refractivity contribution is 0.0984. The second-order valence-electron chi connectivity index (χ2n) is 7.46. The first kappa shape index (κ1) is 29.0. The molecule has 188 valence electrons. The van der Waals surface area contributed by atoms with Gasteiger partial charge in [0.25, 0.3) is 11.4 Å². The van der Waals surface area contributed by atoms with Crippen LogP contribution in [0.2, 0.25) is 0 Å². The second kappa shape index (κ2) is 9.97. The molecule has 3 rings (SSSR count). The van der Waals surface area contributed by atoms with Gasteiger partial charge in [-0.1, -0.05) is 104 Å². The molecular weight excluding hydrogens is 649 g/mol. The van der Waals surface area contributed by atoms with Gasteiger partial charge in [-0.05, 0) is 43.3 Å². The Morgan fingerprint density at radius 1 is 0.514 bits per heavy atom. The number of ketones is 3. The number of alkyl halides is 9. The highest BCUT2D eigenvalue weighted by Crippen LogP contribution is 2.40. The van der Waals surface area contributed by atoms with E-state index in [4.69, 9.17) is 104 Å². The van der Waals surface area contributed by atoms with Crippen molar-refractivity contribution in [3.63, 3.8) is 0 Å². The van der Waals surface area contributed by atoms with E-state index >= 15 is 0 Å². The molecule has 0 amide bonds. The molecule has 0 bridgehead atoms. The third-order valence-electron chi connectivity index (χ3n) is 5.18. The van der Waals surface area contributed by atoms with Crippen molar-refractivity contribution in [1.82, 2.24) is 15.0 Å². The van der Waals surface area contributed by atoms with Gasteiger partial charge in [0.05, 0.1) is 22.5 Å². The van der Waals surface area contributed by atoms with Crippen molar-refractivity contribution in [3.8, 4) is 0 Å². The number of Topliss-reactive ketones (excluding diaryl/α,β-unsaturated/α-hetero) is 3. The van der Waals surface area contributed by atoms with Crippen molar-refractivity contribution in [2.24, 2.45) is 0 Å². The third kappa shape index (κ3) is 5.97. The Morgan fingerprint density at radius 2 is 0.743 bits per heavy atom. The molecule has 3 N–H and O–H groups in total. The number of carbonyl (C=O) groups excluding carboxylic acids is 3. The topological polar surface area (TPSA) is 98.6 Å². The van der Waals surface area contributed by atoms with E-state index in [1.165, 1.54) is 18.2 Å². The average Bonchev–Trinajstić information content (AvgIpc) is 3.50. The van der Waals surface area contributed by atoms with Gasteiger partial charge in [-0.25, -0.2) is 0 Å². The number of halogens is 9. The zero-order valence-electron chi connectivity index (χ0n) is 17.1. The van der Waals surface area contributed by atoms with Crippen LogP contribution in [0.3, 0.4) is 0 Å². The monoisotopic (exact) mass is 657 g/mol. The molecule has 0 saturated heterocycles. The number of H-pyrrole nitrogens is 3. The van der Waals surface area contributed by atoms with Crippen molar-refractivity contribution in [2.75, 3.05) is 0 Å². The first-order chi connectivity index (χ1) is 15.9. The zero-order valence-corrected chi connectivity index (χ0v) is 23.9. The molecule has 3 aromatic heterocycles. The predicted molar refractivity (Wildman–Crippen MR) is 142 cm³/mol. The standard InChI is InChI=1S/C20H12Cl9N3O3/c1-17(11-5-2-8(30-11)14(33)18(21,22)23,12-6-3-9(31-12)15(34)19(24,25)26)13-7-4-10(32-13)16(35)20(27,28)29/h2-7,30-32H,1H3. The Bertz CT molecular complexity index is 1130. The number of hydrogen-bond donors (Lipinski definition) is 3. The average molecular weight is 661 g/mol. The van der Waals surface area contributed by atoms with Crippen molar-refractivity contribution < 1.29 is 14.4 Å². The van der Waals surface area contributed by atoms with Gasteiger partial charge in [-0.15, -0.1) is 0 Å². The summed E-state index contributed by atoms with van der Waals surface area (Å²) in [5.74, 6) is -2.39. The molecule has 0 fully saturated rings. The first-order valence-electron chi connectivity index (χ1n) is 9.30. The van der Waals surface area contributed by atoms with Gasteiger partial charge in [0, 0.05) is 17.1 Å². The molecule has 0 aliphatic heterocycles. The van der Waals surface area contributed by atoms with Crippen molar-refractivity contribution in [2.45, 2.75) is 23.7 Å². The fourth-order valence-corrected chi connectivity index (χ4v) is 4.27. The first-order valence-corrected chi connectivity index (χ1v) is 12.7. The van der Waals surface area contributed by atoms with E-state index in [9.17, 15) is 14.4 Å². The molecule has 0 unspecified atom stereocenters. The summed E-state index contributed by atoms with van der Waals surface area (Å²) in [6.07, 6.45) is 0. The van der Waals surface area contributed by atoms with Gasteiger partial charge in [0.1, 0.15) is 0 Å². The maximum atomic E-state index is 12.5. The van der Waals surface area contributed by atoms with E-state index < -0.39 is 34.1 Å². The SMILES string of the molecule is CC(c1ccc(C(=O)C(Cl)(Cl)Cl)[nH]1)(c1ccc(C(=O)C(Cl)(Cl)Cl)[nH]1)c1ccc(C(=O)C(Cl)(Cl)Cl)[nH]1. The number of rotatable bonds is 6. The van der Waals surface area contributed by atoms with Crippen LogP contribution in [0.5, 0.6) is 0 Å². The molecule has 0 aromatic carbocycles.